The van der Waals surface area contributed by atoms with Crippen molar-refractivity contribution in [3.63, 3.8) is 0 Å². The number of methoxy groups -OCH3 is 1. The smallest absolute Gasteiger partial charge is 0.305 e. The summed E-state index contributed by atoms with van der Waals surface area (Å²) in [4.78, 5) is 23.0. The molecule has 0 radical (unpaired) electrons. The molecule has 0 saturated heterocycles. The molecule has 1 aromatic carbocycles. The molecule has 0 aliphatic heterocycles. The second-order valence-corrected chi connectivity index (χ2v) is 8.03. The van der Waals surface area contributed by atoms with Gasteiger partial charge in [-0.3, -0.25) is 9.59 Å². The lowest BCUT2D eigenvalue weighted by atomic mass is 10.1. The monoisotopic (exact) mass is 396 g/mol. The summed E-state index contributed by atoms with van der Waals surface area (Å²) in [6, 6.07) is 4.17. The number of rotatable bonds is 10. The first-order chi connectivity index (χ1) is 12.8. The first kappa shape index (κ1) is 20.9. The second kappa shape index (κ2) is 9.01. The third-order valence-corrected chi connectivity index (χ3v) is 5.72. The summed E-state index contributed by atoms with van der Waals surface area (Å²) < 4.78 is 32.1. The minimum Gasteiger partial charge on any atom is -0.495 e. The average molecular weight is 396 g/mol. The molecule has 1 amide bonds. The Kier molecular flexibility index (Phi) is 6.98. The Morgan fingerprint density at radius 1 is 1.37 bits per heavy atom. The Morgan fingerprint density at radius 2 is 2.07 bits per heavy atom. The first-order valence-electron chi connectivity index (χ1n) is 8.65. The van der Waals surface area contributed by atoms with Crippen molar-refractivity contribution in [2.24, 2.45) is 5.92 Å². The Balaban J connectivity index is 2.14. The molecular formula is C18H24N2O6S. The van der Waals surface area contributed by atoms with Crippen LogP contribution in [-0.2, 0) is 19.6 Å². The SMILES string of the molecule is CCNS(=O)(=O)c1cc(/C=C/C(=O)NC(CC(=O)O)C2CC2)ccc1OC. The molecule has 1 aromatic rings. The van der Waals surface area contributed by atoms with Gasteiger partial charge in [-0.2, -0.15) is 0 Å². The van der Waals surface area contributed by atoms with Gasteiger partial charge in [0.2, 0.25) is 15.9 Å². The van der Waals surface area contributed by atoms with E-state index in [1.807, 2.05) is 0 Å². The van der Waals surface area contributed by atoms with Gasteiger partial charge in [-0.05, 0) is 42.5 Å². The quantitative estimate of drug-likeness (QED) is 0.514. The number of hydrogen-bond acceptors (Lipinski definition) is 5. The Bertz CT molecular complexity index is 830. The molecule has 1 saturated carbocycles. The molecule has 3 N–H and O–H groups in total. The summed E-state index contributed by atoms with van der Waals surface area (Å²) in [7, 11) is -2.35. The minimum atomic E-state index is -3.72. The highest BCUT2D eigenvalue weighted by Gasteiger charge is 2.33. The summed E-state index contributed by atoms with van der Waals surface area (Å²) >= 11 is 0. The van der Waals surface area contributed by atoms with Crippen molar-refractivity contribution in [1.29, 1.82) is 0 Å². The van der Waals surface area contributed by atoms with Crippen LogP contribution >= 0.6 is 0 Å². The molecule has 0 bridgehead atoms. The summed E-state index contributed by atoms with van der Waals surface area (Å²) in [5.41, 5.74) is 0.503. The van der Waals surface area contributed by atoms with Crippen molar-refractivity contribution in [3.05, 3.63) is 29.8 Å². The van der Waals surface area contributed by atoms with Crippen molar-refractivity contribution in [3.8, 4) is 5.75 Å². The number of sulfonamides is 1. The highest BCUT2D eigenvalue weighted by atomic mass is 32.2. The third-order valence-electron chi connectivity index (χ3n) is 4.15. The van der Waals surface area contributed by atoms with E-state index in [4.69, 9.17) is 9.84 Å². The van der Waals surface area contributed by atoms with Crippen LogP contribution < -0.4 is 14.8 Å². The number of hydrogen-bond donors (Lipinski definition) is 3. The summed E-state index contributed by atoms with van der Waals surface area (Å²) in [5.74, 6) is -0.964. The van der Waals surface area contributed by atoms with Crippen LogP contribution in [0, 0.1) is 5.92 Å². The van der Waals surface area contributed by atoms with Gasteiger partial charge in [0.1, 0.15) is 10.6 Å². The van der Waals surface area contributed by atoms with E-state index >= 15 is 0 Å². The topological polar surface area (TPSA) is 122 Å². The largest absolute Gasteiger partial charge is 0.495 e. The minimum absolute atomic E-state index is 0.0175. The molecular weight excluding hydrogens is 372 g/mol. The number of carbonyl (C=O) groups is 2. The molecule has 27 heavy (non-hydrogen) atoms. The lowest BCUT2D eigenvalue weighted by Crippen LogP contribution is -2.37. The lowest BCUT2D eigenvalue weighted by molar-refractivity contribution is -0.137. The van der Waals surface area contributed by atoms with Crippen molar-refractivity contribution >= 4 is 28.0 Å². The van der Waals surface area contributed by atoms with Gasteiger partial charge in [0.15, 0.2) is 0 Å². The number of benzene rings is 1. The van der Waals surface area contributed by atoms with E-state index in [9.17, 15) is 18.0 Å². The van der Waals surface area contributed by atoms with Gasteiger partial charge in [-0.15, -0.1) is 0 Å². The standard InChI is InChI=1S/C18H24N2O6S/c1-3-19-27(24,25)16-10-12(4-8-15(16)26-2)5-9-17(21)20-14(11-18(22)23)13-6-7-13/h4-5,8-10,13-14,19H,3,6-7,11H2,1-2H3,(H,20,21)(H,22,23)/b9-5+. The molecule has 0 heterocycles. The van der Waals surface area contributed by atoms with Crippen molar-refractivity contribution in [2.45, 2.75) is 37.1 Å². The van der Waals surface area contributed by atoms with Crippen LogP contribution in [0.2, 0.25) is 0 Å². The van der Waals surface area contributed by atoms with Gasteiger partial charge in [0.25, 0.3) is 0 Å². The Morgan fingerprint density at radius 3 is 2.63 bits per heavy atom. The normalized spacial score (nSPS) is 15.5. The molecule has 1 aliphatic rings. The molecule has 8 nitrogen and oxygen atoms in total. The molecule has 2 rings (SSSR count). The highest BCUT2D eigenvalue weighted by molar-refractivity contribution is 7.89. The van der Waals surface area contributed by atoms with E-state index in [0.717, 1.165) is 12.8 Å². The van der Waals surface area contributed by atoms with Gasteiger partial charge in [-0.1, -0.05) is 13.0 Å². The molecule has 0 spiro atoms. The molecule has 9 heteroatoms. The maximum Gasteiger partial charge on any atom is 0.305 e. The van der Waals surface area contributed by atoms with E-state index in [1.165, 1.54) is 31.4 Å². The average Bonchev–Trinajstić information content (AvgIpc) is 3.44. The highest BCUT2D eigenvalue weighted by Crippen LogP contribution is 2.34. The molecule has 1 aliphatic carbocycles. The van der Waals surface area contributed by atoms with Gasteiger partial charge < -0.3 is 15.2 Å². The second-order valence-electron chi connectivity index (χ2n) is 6.30. The maximum absolute atomic E-state index is 12.3. The number of nitrogens with one attached hydrogen (secondary N) is 2. The Hall–Kier alpha value is -2.39. The predicted octanol–water partition coefficient (Wildman–Crippen LogP) is 1.38. The number of aliphatic carboxylic acids is 1. The fourth-order valence-electron chi connectivity index (χ4n) is 2.70. The van der Waals surface area contributed by atoms with Gasteiger partial charge in [-0.25, -0.2) is 13.1 Å². The zero-order chi connectivity index (χ0) is 20.0. The van der Waals surface area contributed by atoms with Gasteiger partial charge in [0, 0.05) is 18.7 Å². The summed E-state index contributed by atoms with van der Waals surface area (Å²) in [6.07, 6.45) is 4.45. The van der Waals surface area contributed by atoms with E-state index in [2.05, 4.69) is 10.0 Å². The zero-order valence-electron chi connectivity index (χ0n) is 15.3. The third kappa shape index (κ3) is 6.07. The van der Waals surface area contributed by atoms with E-state index in [0.29, 0.717) is 5.56 Å². The first-order valence-corrected chi connectivity index (χ1v) is 10.1. The Labute approximate surface area is 158 Å². The van der Waals surface area contributed by atoms with E-state index < -0.39 is 21.9 Å². The summed E-state index contributed by atoms with van der Waals surface area (Å²) in [6.45, 7) is 1.91. The molecule has 1 atom stereocenters. The number of carboxylic acids is 1. The number of ether oxygens (including phenoxy) is 1. The van der Waals surface area contributed by atoms with Crippen LogP contribution in [0.5, 0.6) is 5.75 Å². The summed E-state index contributed by atoms with van der Waals surface area (Å²) in [5, 5.41) is 11.6. The number of carbonyl (C=O) groups excluding carboxylic acids is 1. The van der Waals surface area contributed by atoms with Crippen LogP contribution in [0.15, 0.2) is 29.2 Å². The van der Waals surface area contributed by atoms with E-state index in [-0.39, 0.29) is 35.6 Å². The van der Waals surface area contributed by atoms with E-state index in [1.54, 1.807) is 13.0 Å². The fraction of sp³-hybridized carbons (Fsp3) is 0.444. The molecule has 148 valence electrons. The van der Waals surface area contributed by atoms with Crippen LogP contribution in [0.25, 0.3) is 6.08 Å². The zero-order valence-corrected chi connectivity index (χ0v) is 16.1. The molecule has 0 aromatic heterocycles. The van der Waals surface area contributed by atoms with Crippen molar-refractivity contribution in [1.82, 2.24) is 10.0 Å². The van der Waals surface area contributed by atoms with Gasteiger partial charge >= 0.3 is 5.97 Å². The van der Waals surface area contributed by atoms with Crippen LogP contribution in [-0.4, -0.2) is 45.1 Å². The van der Waals surface area contributed by atoms with Crippen LogP contribution in [0.3, 0.4) is 0 Å². The van der Waals surface area contributed by atoms with Crippen molar-refractivity contribution < 1.29 is 27.9 Å². The number of carboxylic acid groups (broad SMARTS) is 1. The number of amides is 1. The predicted molar refractivity (Wildman–Crippen MR) is 99.8 cm³/mol. The van der Waals surface area contributed by atoms with Crippen LogP contribution in [0.1, 0.15) is 31.7 Å². The maximum atomic E-state index is 12.3. The molecule has 1 unspecified atom stereocenters. The van der Waals surface area contributed by atoms with Gasteiger partial charge in [0.05, 0.1) is 13.5 Å². The van der Waals surface area contributed by atoms with Crippen molar-refractivity contribution in [2.75, 3.05) is 13.7 Å². The lowest BCUT2D eigenvalue weighted by Gasteiger charge is -2.14. The molecule has 1 fully saturated rings. The fourth-order valence-corrected chi connectivity index (χ4v) is 3.94. The van der Waals surface area contributed by atoms with Crippen LogP contribution in [0.4, 0.5) is 0 Å².